The van der Waals surface area contributed by atoms with Crippen LogP contribution in [-0.2, 0) is 9.53 Å². The maximum Gasteiger partial charge on any atom is 0.293 e. The molecule has 0 aromatic heterocycles. The Labute approximate surface area is 130 Å². The molecule has 0 N–H and O–H groups in total. The van der Waals surface area contributed by atoms with Gasteiger partial charge in [0, 0.05) is 0 Å². The molecule has 0 spiro atoms. The molecule has 21 heavy (non-hydrogen) atoms. The maximum atomic E-state index is 10.5. The van der Waals surface area contributed by atoms with Crippen molar-refractivity contribution in [3.63, 3.8) is 0 Å². The van der Waals surface area contributed by atoms with Gasteiger partial charge in [0.2, 0.25) is 0 Å². The fourth-order valence-corrected chi connectivity index (χ4v) is 5.37. The Kier molecular flexibility index (Phi) is 4.85. The van der Waals surface area contributed by atoms with Gasteiger partial charge >= 0.3 is 0 Å². The van der Waals surface area contributed by atoms with Crippen LogP contribution in [0.25, 0.3) is 0 Å². The lowest BCUT2D eigenvalue weighted by molar-refractivity contribution is -0.133. The Morgan fingerprint density at radius 3 is 2.76 bits per heavy atom. The molecule has 0 aromatic carbocycles. The van der Waals surface area contributed by atoms with E-state index in [0.717, 1.165) is 18.8 Å². The lowest BCUT2D eigenvalue weighted by Gasteiger charge is -2.58. The van der Waals surface area contributed by atoms with Crippen LogP contribution < -0.4 is 0 Å². The Bertz CT molecular complexity index is 398. The van der Waals surface area contributed by atoms with Gasteiger partial charge in [0.25, 0.3) is 6.47 Å². The molecule has 0 amide bonds. The minimum absolute atomic E-state index is 0.0240. The predicted molar refractivity (Wildman–Crippen MR) is 86.9 cm³/mol. The van der Waals surface area contributed by atoms with Crippen molar-refractivity contribution in [1.29, 1.82) is 0 Å². The standard InChI is InChI=1S/C19H32O2/c1-14-7-10-17-18(3,4)11-6-12-19(17,5)16(14)9-8-15(2)21-13-20/h13,15-17H,1,6-12H2,2-5H3/t15-,16+,17+,19-/m1/s1. The number of ether oxygens (including phenoxy) is 1. The Hall–Kier alpha value is -0.790. The number of rotatable bonds is 5. The fourth-order valence-electron chi connectivity index (χ4n) is 5.37. The van der Waals surface area contributed by atoms with Crippen molar-refractivity contribution in [2.45, 2.75) is 78.7 Å². The van der Waals surface area contributed by atoms with Gasteiger partial charge < -0.3 is 4.74 Å². The van der Waals surface area contributed by atoms with Crippen LogP contribution in [0.3, 0.4) is 0 Å². The second-order valence-corrected chi connectivity index (χ2v) is 8.27. The molecule has 2 heteroatoms. The first-order valence-electron chi connectivity index (χ1n) is 8.58. The average molecular weight is 292 g/mol. The van der Waals surface area contributed by atoms with E-state index < -0.39 is 0 Å². The zero-order valence-electron chi connectivity index (χ0n) is 14.3. The second-order valence-electron chi connectivity index (χ2n) is 8.27. The van der Waals surface area contributed by atoms with Gasteiger partial charge in [0.05, 0.1) is 6.10 Å². The SMILES string of the molecule is C=C1CC[C@H]2C(C)(C)CCC[C@]2(C)[C@H]1CC[C@@H](C)OC=O. The topological polar surface area (TPSA) is 26.3 Å². The molecule has 0 bridgehead atoms. The molecule has 120 valence electrons. The van der Waals surface area contributed by atoms with E-state index in [1.807, 2.05) is 6.92 Å². The van der Waals surface area contributed by atoms with Gasteiger partial charge in [-0.1, -0.05) is 39.3 Å². The molecular formula is C19H32O2. The first-order valence-corrected chi connectivity index (χ1v) is 8.58. The number of allylic oxidation sites excluding steroid dienone is 1. The molecule has 0 heterocycles. The van der Waals surface area contributed by atoms with E-state index in [-0.39, 0.29) is 6.10 Å². The lowest BCUT2D eigenvalue weighted by Crippen LogP contribution is -2.49. The molecule has 2 fully saturated rings. The van der Waals surface area contributed by atoms with E-state index in [1.54, 1.807) is 0 Å². The number of carbonyl (C=O) groups is 1. The lowest BCUT2D eigenvalue weighted by atomic mass is 9.47. The number of carbonyl (C=O) groups excluding carboxylic acids is 1. The molecule has 2 saturated carbocycles. The quantitative estimate of drug-likeness (QED) is 0.519. The molecule has 2 aliphatic carbocycles. The molecule has 2 aliphatic rings. The van der Waals surface area contributed by atoms with Crippen LogP contribution in [0.5, 0.6) is 0 Å². The average Bonchev–Trinajstić information content (AvgIpc) is 2.37. The molecule has 2 rings (SSSR count). The molecule has 0 aromatic rings. The van der Waals surface area contributed by atoms with Crippen molar-refractivity contribution in [2.24, 2.45) is 22.7 Å². The van der Waals surface area contributed by atoms with Gasteiger partial charge in [-0.3, -0.25) is 4.79 Å². The predicted octanol–water partition coefficient (Wildman–Crippen LogP) is 5.13. The summed E-state index contributed by atoms with van der Waals surface area (Å²) in [6.45, 7) is 14.4. The summed E-state index contributed by atoms with van der Waals surface area (Å²) in [7, 11) is 0. The summed E-state index contributed by atoms with van der Waals surface area (Å²) in [6, 6.07) is 0. The molecule has 0 aliphatic heterocycles. The van der Waals surface area contributed by atoms with Crippen molar-refractivity contribution in [3.8, 4) is 0 Å². The molecule has 4 atom stereocenters. The fraction of sp³-hybridized carbons (Fsp3) is 0.842. The van der Waals surface area contributed by atoms with Gasteiger partial charge in [-0.05, 0) is 68.1 Å². The van der Waals surface area contributed by atoms with E-state index in [9.17, 15) is 4.79 Å². The first kappa shape index (κ1) is 16.6. The van der Waals surface area contributed by atoms with Crippen LogP contribution >= 0.6 is 0 Å². The van der Waals surface area contributed by atoms with E-state index in [2.05, 4.69) is 27.4 Å². The van der Waals surface area contributed by atoms with Gasteiger partial charge in [-0.25, -0.2) is 0 Å². The minimum Gasteiger partial charge on any atom is -0.465 e. The van der Waals surface area contributed by atoms with Crippen molar-refractivity contribution in [1.82, 2.24) is 0 Å². The summed E-state index contributed by atoms with van der Waals surface area (Å²) in [6.07, 6.45) is 8.59. The zero-order chi connectivity index (χ0) is 15.7. The van der Waals surface area contributed by atoms with Gasteiger partial charge in [0.15, 0.2) is 0 Å². The summed E-state index contributed by atoms with van der Waals surface area (Å²) in [4.78, 5) is 10.5. The number of fused-ring (bicyclic) bond motifs is 1. The van der Waals surface area contributed by atoms with E-state index >= 15 is 0 Å². The van der Waals surface area contributed by atoms with Crippen LogP contribution in [0.15, 0.2) is 12.2 Å². The summed E-state index contributed by atoms with van der Waals surface area (Å²) in [5, 5.41) is 0. The van der Waals surface area contributed by atoms with Crippen molar-refractivity contribution in [3.05, 3.63) is 12.2 Å². The number of hydrogen-bond acceptors (Lipinski definition) is 2. The third-order valence-corrected chi connectivity index (χ3v) is 6.47. The smallest absolute Gasteiger partial charge is 0.293 e. The van der Waals surface area contributed by atoms with E-state index in [1.165, 1.54) is 37.7 Å². The summed E-state index contributed by atoms with van der Waals surface area (Å²) in [5.74, 6) is 1.39. The van der Waals surface area contributed by atoms with E-state index in [4.69, 9.17) is 4.74 Å². The molecule has 2 nitrogen and oxygen atoms in total. The Morgan fingerprint density at radius 2 is 2.10 bits per heavy atom. The summed E-state index contributed by atoms with van der Waals surface area (Å²) < 4.78 is 5.07. The second kappa shape index (κ2) is 6.14. The van der Waals surface area contributed by atoms with Crippen LogP contribution in [0.2, 0.25) is 0 Å². The monoisotopic (exact) mass is 292 g/mol. The highest BCUT2D eigenvalue weighted by Gasteiger charge is 2.52. The van der Waals surface area contributed by atoms with Crippen LogP contribution in [0.1, 0.15) is 72.6 Å². The highest BCUT2D eigenvalue weighted by atomic mass is 16.5. The first-order chi connectivity index (χ1) is 9.81. The third kappa shape index (κ3) is 3.19. The van der Waals surface area contributed by atoms with Crippen molar-refractivity contribution >= 4 is 6.47 Å². The number of hydrogen-bond donors (Lipinski definition) is 0. The third-order valence-electron chi connectivity index (χ3n) is 6.47. The Balaban J connectivity index is 2.13. The highest BCUT2D eigenvalue weighted by molar-refractivity contribution is 5.37. The van der Waals surface area contributed by atoms with Gasteiger partial charge in [-0.15, -0.1) is 0 Å². The minimum atomic E-state index is 0.0240. The van der Waals surface area contributed by atoms with Gasteiger partial charge in [-0.2, -0.15) is 0 Å². The van der Waals surface area contributed by atoms with E-state index in [0.29, 0.717) is 23.2 Å². The molecular weight excluding hydrogens is 260 g/mol. The molecule has 0 radical (unpaired) electrons. The zero-order valence-corrected chi connectivity index (χ0v) is 14.3. The van der Waals surface area contributed by atoms with Crippen LogP contribution in [0.4, 0.5) is 0 Å². The van der Waals surface area contributed by atoms with Crippen LogP contribution in [0, 0.1) is 22.7 Å². The largest absolute Gasteiger partial charge is 0.465 e. The van der Waals surface area contributed by atoms with Crippen molar-refractivity contribution < 1.29 is 9.53 Å². The summed E-state index contributed by atoms with van der Waals surface area (Å²) >= 11 is 0. The van der Waals surface area contributed by atoms with Crippen LogP contribution in [-0.4, -0.2) is 12.6 Å². The Morgan fingerprint density at radius 1 is 1.38 bits per heavy atom. The molecule has 0 unspecified atom stereocenters. The van der Waals surface area contributed by atoms with Crippen molar-refractivity contribution in [2.75, 3.05) is 0 Å². The highest BCUT2D eigenvalue weighted by Crippen LogP contribution is 2.61. The molecule has 0 saturated heterocycles. The normalized spacial score (nSPS) is 36.7. The maximum absolute atomic E-state index is 10.5. The van der Waals surface area contributed by atoms with Gasteiger partial charge in [0.1, 0.15) is 0 Å². The summed E-state index contributed by atoms with van der Waals surface area (Å²) in [5.41, 5.74) is 2.28.